The van der Waals surface area contributed by atoms with Crippen LogP contribution in [-0.4, -0.2) is 62.6 Å². The van der Waals surface area contributed by atoms with Gasteiger partial charge in [0.15, 0.2) is 0 Å². The highest BCUT2D eigenvalue weighted by Gasteiger charge is 2.26. The van der Waals surface area contributed by atoms with Crippen LogP contribution in [0.15, 0.2) is 24.3 Å². The summed E-state index contributed by atoms with van der Waals surface area (Å²) in [6, 6.07) is 8.52. The van der Waals surface area contributed by atoms with Crippen LogP contribution in [0.4, 0.5) is 0 Å². The molecule has 5 heteroatoms. The van der Waals surface area contributed by atoms with E-state index in [1.165, 1.54) is 24.8 Å². The van der Waals surface area contributed by atoms with Gasteiger partial charge in [-0.2, -0.15) is 0 Å². The number of rotatable bonds is 6. The van der Waals surface area contributed by atoms with Crippen molar-refractivity contribution in [1.29, 1.82) is 0 Å². The van der Waals surface area contributed by atoms with Crippen LogP contribution in [0.1, 0.15) is 43.7 Å². The third-order valence-electron chi connectivity index (χ3n) is 5.92. The Balaban J connectivity index is 1.66. The lowest BCUT2D eigenvalue weighted by Gasteiger charge is -2.38. The fourth-order valence-electron chi connectivity index (χ4n) is 4.12. The second-order valence-electron chi connectivity index (χ2n) is 7.71. The second kappa shape index (κ2) is 9.38. The van der Waals surface area contributed by atoms with Gasteiger partial charge in [-0.05, 0) is 37.6 Å². The zero-order valence-corrected chi connectivity index (χ0v) is 16.2. The van der Waals surface area contributed by atoms with Crippen LogP contribution >= 0.6 is 0 Å². The number of carbonyl (C=O) groups excluding carboxylic acids is 1. The van der Waals surface area contributed by atoms with E-state index in [0.717, 1.165) is 44.8 Å². The number of amides is 1. The molecule has 26 heavy (non-hydrogen) atoms. The van der Waals surface area contributed by atoms with E-state index in [4.69, 9.17) is 4.74 Å². The van der Waals surface area contributed by atoms with Crippen LogP contribution in [0.3, 0.4) is 0 Å². The van der Waals surface area contributed by atoms with Crippen molar-refractivity contribution in [2.45, 2.75) is 38.1 Å². The summed E-state index contributed by atoms with van der Waals surface area (Å²) in [6.45, 7) is 4.90. The van der Waals surface area contributed by atoms with Crippen LogP contribution in [0, 0.1) is 5.92 Å². The van der Waals surface area contributed by atoms with Gasteiger partial charge in [0.1, 0.15) is 5.75 Å². The Kier molecular flexibility index (Phi) is 6.92. The molecule has 1 N–H and O–H groups in total. The SMILES string of the molecule is COc1ccc([C@@H](CNC(=O)C2CCCCC2)N2CCN(C)CC2)cc1. The van der Waals surface area contributed by atoms with Gasteiger partial charge >= 0.3 is 0 Å². The number of nitrogens with one attached hydrogen (secondary N) is 1. The molecule has 5 nitrogen and oxygen atoms in total. The van der Waals surface area contributed by atoms with Gasteiger partial charge in [-0.3, -0.25) is 9.69 Å². The summed E-state index contributed by atoms with van der Waals surface area (Å²) in [5, 5.41) is 3.26. The maximum absolute atomic E-state index is 12.6. The van der Waals surface area contributed by atoms with Crippen LogP contribution in [-0.2, 0) is 4.79 Å². The normalized spacial score (nSPS) is 21.3. The Morgan fingerprint density at radius 3 is 2.38 bits per heavy atom. The molecular weight excluding hydrogens is 326 g/mol. The first-order valence-electron chi connectivity index (χ1n) is 10.0. The highest BCUT2D eigenvalue weighted by molar-refractivity contribution is 5.78. The molecule has 1 heterocycles. The lowest BCUT2D eigenvalue weighted by Crippen LogP contribution is -2.49. The fraction of sp³-hybridized carbons (Fsp3) is 0.667. The van der Waals surface area contributed by atoms with E-state index in [-0.39, 0.29) is 17.9 Å². The maximum atomic E-state index is 12.6. The molecule has 1 saturated carbocycles. The van der Waals surface area contributed by atoms with Crippen molar-refractivity contribution in [3.05, 3.63) is 29.8 Å². The number of methoxy groups -OCH3 is 1. The second-order valence-corrected chi connectivity index (χ2v) is 7.71. The summed E-state index contributed by atoms with van der Waals surface area (Å²) in [7, 11) is 3.86. The topological polar surface area (TPSA) is 44.8 Å². The minimum absolute atomic E-state index is 0.216. The molecule has 0 bridgehead atoms. The molecule has 1 aliphatic heterocycles. The number of hydrogen-bond donors (Lipinski definition) is 1. The summed E-state index contributed by atoms with van der Waals surface area (Å²) in [5.74, 6) is 1.34. The number of nitrogens with zero attached hydrogens (tertiary/aromatic N) is 2. The quantitative estimate of drug-likeness (QED) is 0.848. The Morgan fingerprint density at radius 2 is 1.77 bits per heavy atom. The third-order valence-corrected chi connectivity index (χ3v) is 5.92. The summed E-state index contributed by atoms with van der Waals surface area (Å²) < 4.78 is 5.30. The number of carbonyl (C=O) groups is 1. The average Bonchev–Trinajstić information content (AvgIpc) is 2.70. The van der Waals surface area contributed by atoms with Crippen molar-refractivity contribution in [1.82, 2.24) is 15.1 Å². The fourth-order valence-corrected chi connectivity index (χ4v) is 4.12. The van der Waals surface area contributed by atoms with E-state index in [0.29, 0.717) is 6.54 Å². The molecule has 1 saturated heterocycles. The zero-order chi connectivity index (χ0) is 18.4. The van der Waals surface area contributed by atoms with Gasteiger partial charge in [0.25, 0.3) is 0 Å². The van der Waals surface area contributed by atoms with Gasteiger partial charge in [-0.1, -0.05) is 31.4 Å². The van der Waals surface area contributed by atoms with Crippen molar-refractivity contribution in [3.8, 4) is 5.75 Å². The van der Waals surface area contributed by atoms with Crippen molar-refractivity contribution in [3.63, 3.8) is 0 Å². The molecule has 1 atom stereocenters. The van der Waals surface area contributed by atoms with Crippen LogP contribution in [0.5, 0.6) is 5.75 Å². The zero-order valence-electron chi connectivity index (χ0n) is 16.2. The predicted octanol–water partition coefficient (Wildman–Crippen LogP) is 2.68. The number of likely N-dealkylation sites (N-methyl/N-ethyl adjacent to an activating group) is 1. The number of hydrogen-bond acceptors (Lipinski definition) is 4. The standard InChI is InChI=1S/C21H33N3O2/c1-23-12-14-24(15-13-23)20(17-8-10-19(26-2)11-9-17)16-22-21(25)18-6-4-3-5-7-18/h8-11,18,20H,3-7,12-16H2,1-2H3,(H,22,25)/t20-/m1/s1. The van der Waals surface area contributed by atoms with Crippen molar-refractivity contribution in [2.75, 3.05) is 46.9 Å². The van der Waals surface area contributed by atoms with Gasteiger partial charge < -0.3 is 15.0 Å². The van der Waals surface area contributed by atoms with Crippen LogP contribution < -0.4 is 10.1 Å². The van der Waals surface area contributed by atoms with Crippen molar-refractivity contribution in [2.24, 2.45) is 5.92 Å². The molecule has 1 aliphatic carbocycles. The first-order chi connectivity index (χ1) is 12.7. The van der Waals surface area contributed by atoms with E-state index in [9.17, 15) is 4.79 Å². The van der Waals surface area contributed by atoms with E-state index in [1.807, 2.05) is 12.1 Å². The third kappa shape index (κ3) is 4.98. The first-order valence-corrected chi connectivity index (χ1v) is 10.0. The minimum Gasteiger partial charge on any atom is -0.497 e. The van der Waals surface area contributed by atoms with Crippen LogP contribution in [0.25, 0.3) is 0 Å². The van der Waals surface area contributed by atoms with E-state index < -0.39 is 0 Å². The summed E-state index contributed by atoms with van der Waals surface area (Å²) in [5.41, 5.74) is 1.25. The monoisotopic (exact) mass is 359 g/mol. The van der Waals surface area contributed by atoms with Gasteiger partial charge in [0.05, 0.1) is 13.2 Å². The van der Waals surface area contributed by atoms with E-state index in [1.54, 1.807) is 7.11 Å². The molecule has 2 aliphatic rings. The smallest absolute Gasteiger partial charge is 0.223 e. The van der Waals surface area contributed by atoms with Gasteiger partial charge in [0, 0.05) is 38.6 Å². The molecule has 3 rings (SSSR count). The molecule has 0 unspecified atom stereocenters. The highest BCUT2D eigenvalue weighted by Crippen LogP contribution is 2.26. The summed E-state index contributed by atoms with van der Waals surface area (Å²) in [4.78, 5) is 17.5. The first kappa shape index (κ1) is 19.2. The molecule has 0 spiro atoms. The molecular formula is C21H33N3O2. The molecule has 1 amide bonds. The lowest BCUT2D eigenvalue weighted by molar-refractivity contribution is -0.126. The minimum atomic E-state index is 0.216. The van der Waals surface area contributed by atoms with Crippen molar-refractivity contribution >= 4 is 5.91 Å². The lowest BCUT2D eigenvalue weighted by atomic mass is 9.88. The molecule has 2 fully saturated rings. The number of benzene rings is 1. The predicted molar refractivity (Wildman–Crippen MR) is 104 cm³/mol. The van der Waals surface area contributed by atoms with E-state index >= 15 is 0 Å². The van der Waals surface area contributed by atoms with Crippen LogP contribution in [0.2, 0.25) is 0 Å². The summed E-state index contributed by atoms with van der Waals surface area (Å²) >= 11 is 0. The molecule has 0 aromatic heterocycles. The molecule has 1 aromatic rings. The van der Waals surface area contributed by atoms with Gasteiger partial charge in [-0.15, -0.1) is 0 Å². The Bertz CT molecular complexity index is 561. The number of ether oxygens (including phenoxy) is 1. The van der Waals surface area contributed by atoms with Gasteiger partial charge in [-0.25, -0.2) is 0 Å². The maximum Gasteiger partial charge on any atom is 0.223 e. The average molecular weight is 360 g/mol. The Labute approximate surface area is 157 Å². The molecule has 0 radical (unpaired) electrons. The highest BCUT2D eigenvalue weighted by atomic mass is 16.5. The van der Waals surface area contributed by atoms with Crippen molar-refractivity contribution < 1.29 is 9.53 Å². The van der Waals surface area contributed by atoms with E-state index in [2.05, 4.69) is 34.3 Å². The van der Waals surface area contributed by atoms with Gasteiger partial charge in [0.2, 0.25) is 5.91 Å². The number of piperazine rings is 1. The Morgan fingerprint density at radius 1 is 1.12 bits per heavy atom. The molecule has 1 aromatic carbocycles. The summed E-state index contributed by atoms with van der Waals surface area (Å²) in [6.07, 6.45) is 5.76. The molecule has 144 valence electrons. The Hall–Kier alpha value is -1.59. The largest absolute Gasteiger partial charge is 0.497 e.